The number of carbonyl (C=O) groups excluding carboxylic acids is 2. The van der Waals surface area contributed by atoms with Gasteiger partial charge >= 0.3 is 24.2 Å². The highest BCUT2D eigenvalue weighted by atomic mass is 19.4. The van der Waals surface area contributed by atoms with Crippen LogP contribution in [-0.2, 0) is 26.8 Å². The summed E-state index contributed by atoms with van der Waals surface area (Å²) in [4.78, 5) is 24.0. The van der Waals surface area contributed by atoms with Gasteiger partial charge in [0.25, 0.3) is 0 Å². The van der Waals surface area contributed by atoms with Gasteiger partial charge in [0.2, 0.25) is 0 Å². The molecule has 0 unspecified atom stereocenters. The van der Waals surface area contributed by atoms with Crippen molar-refractivity contribution < 1.29 is 45.8 Å². The molecule has 4 N–H and O–H groups in total. The average Bonchev–Trinajstić information content (AvgIpc) is 2.94. The van der Waals surface area contributed by atoms with Crippen molar-refractivity contribution in [2.45, 2.75) is 44.4 Å². The largest absolute Gasteiger partial charge is 0.462 e. The van der Waals surface area contributed by atoms with Crippen molar-refractivity contribution in [2.24, 2.45) is 0 Å². The fourth-order valence-electron chi connectivity index (χ4n) is 3.86. The summed E-state index contributed by atoms with van der Waals surface area (Å²) in [5.74, 6) is -1.37. The van der Waals surface area contributed by atoms with Crippen LogP contribution in [-0.4, -0.2) is 31.3 Å². The highest BCUT2D eigenvalue weighted by Crippen LogP contribution is 2.32. The van der Waals surface area contributed by atoms with Crippen LogP contribution >= 0.6 is 0 Å². The minimum absolute atomic E-state index is 0.00355. The van der Waals surface area contributed by atoms with Crippen molar-refractivity contribution in [2.75, 3.05) is 24.7 Å². The number of aryl methyl sites for hydroxylation is 1. The van der Waals surface area contributed by atoms with Gasteiger partial charge in [0, 0.05) is 30.3 Å². The van der Waals surface area contributed by atoms with Gasteiger partial charge in [0.15, 0.2) is 0 Å². The van der Waals surface area contributed by atoms with Crippen LogP contribution < -0.4 is 16.2 Å². The van der Waals surface area contributed by atoms with E-state index in [0.717, 1.165) is 6.08 Å². The Kier molecular flexibility index (Phi) is 11.5. The van der Waals surface area contributed by atoms with Crippen LogP contribution in [0.25, 0.3) is 6.08 Å². The molecule has 0 aromatic heterocycles. The second kappa shape index (κ2) is 15.0. The SMILES string of the molecule is Nc1cc(N)cc(C(=O)OCCCOC(=O)C=Cc2ccc(OC(F)(F)c3ccc(CCCCC(F)(F)F)cc3)cc2)c1. The van der Waals surface area contributed by atoms with Crippen molar-refractivity contribution in [3.05, 3.63) is 95.1 Å². The lowest BCUT2D eigenvalue weighted by atomic mass is 10.0. The average molecular weight is 607 g/mol. The third-order valence-electron chi connectivity index (χ3n) is 5.98. The van der Waals surface area contributed by atoms with E-state index in [1.165, 1.54) is 72.8 Å². The molecule has 43 heavy (non-hydrogen) atoms. The number of carbonyl (C=O) groups is 2. The molecular formula is C31H31F5N2O5. The Morgan fingerprint density at radius 2 is 1.40 bits per heavy atom. The van der Waals surface area contributed by atoms with Crippen molar-refractivity contribution in [3.63, 3.8) is 0 Å². The van der Waals surface area contributed by atoms with E-state index in [0.29, 0.717) is 35.3 Å². The quantitative estimate of drug-likeness (QED) is 0.0664. The maximum atomic E-state index is 14.6. The molecule has 230 valence electrons. The predicted octanol–water partition coefficient (Wildman–Crippen LogP) is 7.06. The van der Waals surface area contributed by atoms with E-state index in [9.17, 15) is 31.5 Å². The molecule has 0 heterocycles. The lowest BCUT2D eigenvalue weighted by Gasteiger charge is -2.18. The van der Waals surface area contributed by atoms with Crippen LogP contribution in [0.3, 0.4) is 0 Å². The van der Waals surface area contributed by atoms with E-state index >= 15 is 0 Å². The Balaban J connectivity index is 1.39. The molecule has 0 aliphatic rings. The summed E-state index contributed by atoms with van der Waals surface area (Å²) < 4.78 is 81.0. The van der Waals surface area contributed by atoms with Gasteiger partial charge in [-0.2, -0.15) is 22.0 Å². The van der Waals surface area contributed by atoms with E-state index < -0.39 is 36.2 Å². The first-order chi connectivity index (χ1) is 20.3. The fraction of sp³-hybridized carbons (Fsp3) is 0.290. The number of unbranched alkanes of at least 4 members (excludes halogenated alkanes) is 1. The van der Waals surface area contributed by atoms with Crippen LogP contribution in [0.4, 0.5) is 33.3 Å². The number of halogens is 5. The standard InChI is InChI=1S/C31H31F5N2O5/c32-30(33,34)15-2-1-4-21-5-10-24(11-6-21)31(35,36)43-27-12-7-22(8-13-27)9-14-28(39)41-16-3-17-42-29(40)23-18-25(37)20-26(38)19-23/h5-14,18-20H,1-4,15-17,37-38H2. The Morgan fingerprint density at radius 3 is 2.02 bits per heavy atom. The van der Waals surface area contributed by atoms with Gasteiger partial charge in [-0.25, -0.2) is 9.59 Å². The molecule has 12 heteroatoms. The van der Waals surface area contributed by atoms with Crippen LogP contribution in [0.1, 0.15) is 52.7 Å². The second-order valence-corrected chi connectivity index (χ2v) is 9.59. The van der Waals surface area contributed by atoms with Gasteiger partial charge in [0.05, 0.1) is 24.3 Å². The summed E-state index contributed by atoms with van der Waals surface area (Å²) in [5.41, 5.74) is 12.9. The molecular weight excluding hydrogens is 575 g/mol. The summed E-state index contributed by atoms with van der Waals surface area (Å²) in [5, 5.41) is 0. The number of rotatable bonds is 14. The monoisotopic (exact) mass is 606 g/mol. The predicted molar refractivity (Wildman–Crippen MR) is 151 cm³/mol. The van der Waals surface area contributed by atoms with E-state index in [2.05, 4.69) is 0 Å². The number of ether oxygens (including phenoxy) is 3. The van der Waals surface area contributed by atoms with Crippen LogP contribution in [0.5, 0.6) is 5.75 Å². The summed E-state index contributed by atoms with van der Waals surface area (Å²) in [7, 11) is 0. The zero-order valence-corrected chi connectivity index (χ0v) is 23.0. The number of anilines is 2. The first kappa shape index (κ1) is 32.9. The molecule has 3 aromatic rings. The van der Waals surface area contributed by atoms with Gasteiger partial charge in [-0.15, -0.1) is 0 Å². The summed E-state index contributed by atoms with van der Waals surface area (Å²) in [6.45, 7) is 0.00253. The van der Waals surface area contributed by atoms with Crippen molar-refractivity contribution >= 4 is 29.4 Å². The van der Waals surface area contributed by atoms with E-state index in [4.69, 9.17) is 25.7 Å². The molecule has 0 atom stereocenters. The highest BCUT2D eigenvalue weighted by Gasteiger charge is 2.34. The highest BCUT2D eigenvalue weighted by molar-refractivity contribution is 5.91. The molecule has 0 fully saturated rings. The molecule has 0 saturated heterocycles. The molecule has 3 aromatic carbocycles. The minimum atomic E-state index is -4.21. The van der Waals surface area contributed by atoms with Crippen molar-refractivity contribution in [1.82, 2.24) is 0 Å². The first-order valence-corrected chi connectivity index (χ1v) is 13.3. The molecule has 7 nitrogen and oxygen atoms in total. The maximum absolute atomic E-state index is 14.6. The van der Waals surface area contributed by atoms with Crippen LogP contribution in [0.2, 0.25) is 0 Å². The molecule has 0 radical (unpaired) electrons. The molecule has 3 rings (SSSR count). The summed E-state index contributed by atoms with van der Waals surface area (Å²) >= 11 is 0. The van der Waals surface area contributed by atoms with Gasteiger partial charge in [-0.05, 0) is 78.9 Å². The lowest BCUT2D eigenvalue weighted by molar-refractivity contribution is -0.185. The van der Waals surface area contributed by atoms with Crippen LogP contribution in [0, 0.1) is 0 Å². The molecule has 0 saturated carbocycles. The number of hydrogen-bond acceptors (Lipinski definition) is 7. The Labute approximate surface area is 245 Å². The van der Waals surface area contributed by atoms with E-state index in [1.54, 1.807) is 0 Å². The topological polar surface area (TPSA) is 114 Å². The van der Waals surface area contributed by atoms with Crippen molar-refractivity contribution in [3.8, 4) is 5.75 Å². The number of hydrogen-bond donors (Lipinski definition) is 2. The Morgan fingerprint density at radius 1 is 0.767 bits per heavy atom. The zero-order chi connectivity index (χ0) is 31.5. The molecule has 0 amide bonds. The maximum Gasteiger partial charge on any atom is 0.426 e. The van der Waals surface area contributed by atoms with Gasteiger partial charge in [-0.1, -0.05) is 24.3 Å². The third kappa shape index (κ3) is 11.7. The number of nitrogens with two attached hydrogens (primary N) is 2. The third-order valence-corrected chi connectivity index (χ3v) is 5.98. The van der Waals surface area contributed by atoms with Crippen molar-refractivity contribution in [1.29, 1.82) is 0 Å². The zero-order valence-electron chi connectivity index (χ0n) is 23.0. The van der Waals surface area contributed by atoms with Gasteiger partial charge in [0.1, 0.15) is 5.75 Å². The number of esters is 2. The molecule has 0 spiro atoms. The minimum Gasteiger partial charge on any atom is -0.462 e. The number of benzene rings is 3. The lowest BCUT2D eigenvalue weighted by Crippen LogP contribution is -2.21. The first-order valence-electron chi connectivity index (χ1n) is 13.3. The molecule has 0 aliphatic heterocycles. The van der Waals surface area contributed by atoms with E-state index in [-0.39, 0.29) is 37.4 Å². The van der Waals surface area contributed by atoms with Gasteiger partial charge in [-0.3, -0.25) is 0 Å². The molecule has 0 bridgehead atoms. The second-order valence-electron chi connectivity index (χ2n) is 9.59. The Hall–Kier alpha value is -4.61. The van der Waals surface area contributed by atoms with Crippen LogP contribution in [0.15, 0.2) is 72.8 Å². The van der Waals surface area contributed by atoms with Gasteiger partial charge < -0.3 is 25.7 Å². The van der Waals surface area contributed by atoms with E-state index in [1.807, 2.05) is 0 Å². The molecule has 0 aliphatic carbocycles. The number of nitrogen functional groups attached to an aromatic ring is 2. The smallest absolute Gasteiger partial charge is 0.426 e. The summed E-state index contributed by atoms with van der Waals surface area (Å²) in [6, 6.07) is 15.2. The summed E-state index contributed by atoms with van der Waals surface area (Å²) in [6.07, 6.45) is -5.26. The fourth-order valence-corrected chi connectivity index (χ4v) is 3.86. The Bertz CT molecular complexity index is 1370. The number of alkyl halides is 5. The normalized spacial score (nSPS) is 11.8.